The largest absolute Gasteiger partial charge is 0.495 e. The van der Waals surface area contributed by atoms with Gasteiger partial charge in [0.2, 0.25) is 0 Å². The second-order valence-electron chi connectivity index (χ2n) is 6.29. The van der Waals surface area contributed by atoms with Crippen LogP contribution in [0.15, 0.2) is 42.5 Å². The Balaban J connectivity index is 2.12. The van der Waals surface area contributed by atoms with Gasteiger partial charge in [-0.3, -0.25) is 9.59 Å². The number of nitrogens with one attached hydrogen (secondary N) is 2. The molecule has 0 bridgehead atoms. The minimum absolute atomic E-state index is 0.0134. The molecule has 0 fully saturated rings. The molecule has 0 saturated heterocycles. The van der Waals surface area contributed by atoms with Crippen LogP contribution in [-0.4, -0.2) is 49.1 Å². The molecule has 3 amide bonds. The molecule has 148 valence electrons. The summed E-state index contributed by atoms with van der Waals surface area (Å²) in [6, 6.07) is 11.2. The maximum Gasteiger partial charge on any atom is 0.323 e. The number of aryl methyl sites for hydroxylation is 1. The molecule has 2 aromatic rings. The van der Waals surface area contributed by atoms with Gasteiger partial charge in [0.05, 0.1) is 12.8 Å². The molecule has 2 aromatic carbocycles. The molecular weight excluding hydrogens is 362 g/mol. The highest BCUT2D eigenvalue weighted by Gasteiger charge is 2.14. The first-order valence-electron chi connectivity index (χ1n) is 8.58. The van der Waals surface area contributed by atoms with Crippen LogP contribution in [0.2, 0.25) is 0 Å². The number of aliphatic carboxylic acids is 1. The molecule has 2 rings (SSSR count). The molecule has 28 heavy (non-hydrogen) atoms. The van der Waals surface area contributed by atoms with Gasteiger partial charge in [0, 0.05) is 31.8 Å². The van der Waals surface area contributed by atoms with Crippen molar-refractivity contribution < 1.29 is 24.2 Å². The second-order valence-corrected chi connectivity index (χ2v) is 6.29. The molecule has 0 aliphatic rings. The number of carboxylic acid groups (broad SMARTS) is 1. The number of carboxylic acids is 1. The van der Waals surface area contributed by atoms with Crippen molar-refractivity contribution in [3.63, 3.8) is 0 Å². The number of urea groups is 1. The molecule has 0 aromatic heterocycles. The van der Waals surface area contributed by atoms with Gasteiger partial charge < -0.3 is 25.4 Å². The van der Waals surface area contributed by atoms with Crippen molar-refractivity contribution in [3.8, 4) is 5.75 Å². The lowest BCUT2D eigenvalue weighted by Crippen LogP contribution is -2.23. The molecule has 0 aliphatic heterocycles. The van der Waals surface area contributed by atoms with Gasteiger partial charge in [0.1, 0.15) is 5.75 Å². The molecule has 8 heteroatoms. The number of hydrogen-bond donors (Lipinski definition) is 3. The number of amides is 3. The van der Waals surface area contributed by atoms with E-state index in [9.17, 15) is 14.4 Å². The summed E-state index contributed by atoms with van der Waals surface area (Å²) < 4.78 is 5.24. The summed E-state index contributed by atoms with van der Waals surface area (Å²) in [7, 11) is 4.76. The second kappa shape index (κ2) is 9.40. The Kier molecular flexibility index (Phi) is 6.97. The molecular formula is C20H23N3O5. The molecule has 0 atom stereocenters. The van der Waals surface area contributed by atoms with Crippen LogP contribution in [0.5, 0.6) is 5.75 Å². The molecule has 0 radical (unpaired) electrons. The number of nitrogens with zero attached hydrogens (tertiary/aromatic N) is 1. The predicted octanol–water partition coefficient (Wildman–Crippen LogP) is 3.06. The van der Waals surface area contributed by atoms with Gasteiger partial charge in [-0.05, 0) is 42.3 Å². The van der Waals surface area contributed by atoms with Crippen molar-refractivity contribution in [1.82, 2.24) is 4.90 Å². The van der Waals surface area contributed by atoms with Crippen molar-refractivity contribution in [2.24, 2.45) is 0 Å². The molecule has 0 spiro atoms. The molecule has 0 unspecified atom stereocenters. The molecule has 0 saturated carbocycles. The van der Waals surface area contributed by atoms with E-state index in [1.165, 1.54) is 12.0 Å². The number of rotatable bonds is 7. The lowest BCUT2D eigenvalue weighted by Gasteiger charge is -2.15. The first-order valence-corrected chi connectivity index (χ1v) is 8.58. The summed E-state index contributed by atoms with van der Waals surface area (Å²) in [6.45, 7) is 0. The smallest absolute Gasteiger partial charge is 0.323 e. The normalized spacial score (nSPS) is 10.1. The van der Waals surface area contributed by atoms with Gasteiger partial charge in [0.15, 0.2) is 0 Å². The highest BCUT2D eigenvalue weighted by Crippen LogP contribution is 2.26. The molecule has 0 aliphatic carbocycles. The van der Waals surface area contributed by atoms with Crippen molar-refractivity contribution in [2.75, 3.05) is 31.8 Å². The van der Waals surface area contributed by atoms with Crippen molar-refractivity contribution in [1.29, 1.82) is 0 Å². The van der Waals surface area contributed by atoms with E-state index in [1.54, 1.807) is 56.6 Å². The van der Waals surface area contributed by atoms with Crippen LogP contribution in [0.1, 0.15) is 22.3 Å². The summed E-state index contributed by atoms with van der Waals surface area (Å²) in [5.41, 5.74) is 2.10. The van der Waals surface area contributed by atoms with Gasteiger partial charge in [-0.1, -0.05) is 12.1 Å². The first kappa shape index (κ1) is 20.8. The summed E-state index contributed by atoms with van der Waals surface area (Å²) in [5, 5.41) is 14.1. The number of carbonyl (C=O) groups is 3. The minimum Gasteiger partial charge on any atom is -0.495 e. The fourth-order valence-corrected chi connectivity index (χ4v) is 2.54. The van der Waals surface area contributed by atoms with Crippen molar-refractivity contribution in [3.05, 3.63) is 53.6 Å². The Morgan fingerprint density at radius 1 is 1.07 bits per heavy atom. The third-order valence-electron chi connectivity index (χ3n) is 3.91. The molecule has 8 nitrogen and oxygen atoms in total. The maximum absolute atomic E-state index is 12.4. The number of hydrogen-bond acceptors (Lipinski definition) is 4. The fourth-order valence-electron chi connectivity index (χ4n) is 2.54. The number of methoxy groups -OCH3 is 1. The maximum atomic E-state index is 12.4. The Morgan fingerprint density at radius 2 is 1.82 bits per heavy atom. The van der Waals surface area contributed by atoms with Crippen LogP contribution in [0.4, 0.5) is 16.2 Å². The lowest BCUT2D eigenvalue weighted by atomic mass is 10.1. The standard InChI is InChI=1S/C20H23N3O5/c1-23(2)19(26)14-8-9-17(28-3)16(12-14)22-20(27)21-15-6-4-5-13(11-15)7-10-18(24)25/h4-6,8-9,11-12H,7,10H2,1-3H3,(H,24,25)(H2,21,22,27). The quantitative estimate of drug-likeness (QED) is 0.679. The summed E-state index contributed by atoms with van der Waals surface area (Å²) in [5.74, 6) is -0.659. The Hall–Kier alpha value is -3.55. The average Bonchev–Trinajstić information content (AvgIpc) is 2.65. The zero-order valence-corrected chi connectivity index (χ0v) is 16.0. The lowest BCUT2D eigenvalue weighted by molar-refractivity contribution is -0.136. The minimum atomic E-state index is -0.879. The number of benzene rings is 2. The van der Waals surface area contributed by atoms with Crippen LogP contribution in [0.25, 0.3) is 0 Å². The number of carbonyl (C=O) groups excluding carboxylic acids is 2. The Morgan fingerprint density at radius 3 is 2.46 bits per heavy atom. The van der Waals surface area contributed by atoms with Gasteiger partial charge in [-0.2, -0.15) is 0 Å². The van der Waals surface area contributed by atoms with Crippen molar-refractivity contribution >= 4 is 29.3 Å². The zero-order chi connectivity index (χ0) is 20.7. The topological polar surface area (TPSA) is 108 Å². The fraction of sp³-hybridized carbons (Fsp3) is 0.250. The molecule has 0 heterocycles. The zero-order valence-electron chi connectivity index (χ0n) is 16.0. The van der Waals surface area contributed by atoms with E-state index in [1.807, 2.05) is 0 Å². The average molecular weight is 385 g/mol. The van der Waals surface area contributed by atoms with Crippen molar-refractivity contribution in [2.45, 2.75) is 12.8 Å². The van der Waals surface area contributed by atoms with Gasteiger partial charge in [-0.25, -0.2) is 4.79 Å². The van der Waals surface area contributed by atoms with Crippen LogP contribution in [0.3, 0.4) is 0 Å². The monoisotopic (exact) mass is 385 g/mol. The van der Waals surface area contributed by atoms with Gasteiger partial charge in [-0.15, -0.1) is 0 Å². The Bertz CT molecular complexity index is 880. The highest BCUT2D eigenvalue weighted by atomic mass is 16.5. The van der Waals surface area contributed by atoms with E-state index in [-0.39, 0.29) is 12.3 Å². The van der Waals surface area contributed by atoms with Crippen LogP contribution in [-0.2, 0) is 11.2 Å². The highest BCUT2D eigenvalue weighted by molar-refractivity contribution is 6.02. The summed E-state index contributed by atoms with van der Waals surface area (Å²) in [6.07, 6.45) is 0.383. The Labute approximate surface area is 163 Å². The predicted molar refractivity (Wildman–Crippen MR) is 106 cm³/mol. The number of anilines is 2. The number of ether oxygens (including phenoxy) is 1. The van der Waals surface area contributed by atoms with Gasteiger partial charge >= 0.3 is 12.0 Å². The van der Waals surface area contributed by atoms with E-state index in [4.69, 9.17) is 9.84 Å². The third-order valence-corrected chi connectivity index (χ3v) is 3.91. The van der Waals surface area contributed by atoms with E-state index in [0.717, 1.165) is 5.56 Å². The van der Waals surface area contributed by atoms with E-state index in [2.05, 4.69) is 10.6 Å². The third kappa shape index (κ3) is 5.73. The summed E-state index contributed by atoms with van der Waals surface area (Å²) in [4.78, 5) is 36.6. The summed E-state index contributed by atoms with van der Waals surface area (Å²) >= 11 is 0. The van der Waals surface area contributed by atoms with Crippen LogP contribution >= 0.6 is 0 Å². The first-order chi connectivity index (χ1) is 13.3. The SMILES string of the molecule is COc1ccc(C(=O)N(C)C)cc1NC(=O)Nc1cccc(CCC(=O)O)c1. The van der Waals surface area contributed by atoms with Crippen LogP contribution < -0.4 is 15.4 Å². The van der Waals surface area contributed by atoms with Gasteiger partial charge in [0.25, 0.3) is 5.91 Å². The molecule has 3 N–H and O–H groups in total. The van der Waals surface area contributed by atoms with E-state index >= 15 is 0 Å². The van der Waals surface area contributed by atoms with E-state index < -0.39 is 12.0 Å². The van der Waals surface area contributed by atoms with E-state index in [0.29, 0.717) is 29.1 Å². The van der Waals surface area contributed by atoms with Crippen LogP contribution in [0, 0.1) is 0 Å².